The van der Waals surface area contributed by atoms with Gasteiger partial charge in [0.1, 0.15) is 24.9 Å². The first-order valence-electron chi connectivity index (χ1n) is 5.00. The van der Waals surface area contributed by atoms with Gasteiger partial charge < -0.3 is 39.6 Å². The number of aliphatic hydroxyl groups excluding tert-OH is 2. The Hall–Kier alpha value is 0.579. The van der Waals surface area contributed by atoms with E-state index in [0.29, 0.717) is 0 Å². The van der Waals surface area contributed by atoms with Crippen LogP contribution in [0.4, 0.5) is 0 Å². The van der Waals surface area contributed by atoms with Gasteiger partial charge in [-0.05, 0) is 0 Å². The molecule has 1 aliphatic rings. The van der Waals surface area contributed by atoms with Crippen LogP contribution in [0.5, 0.6) is 0 Å². The number of aliphatic hydroxyl groups is 3. The van der Waals surface area contributed by atoms with E-state index in [9.17, 15) is 24.4 Å². The largest absolute Gasteiger partial charge is 0.469 e. The van der Waals surface area contributed by atoms with Crippen LogP contribution in [0.25, 0.3) is 0 Å². The minimum atomic E-state index is -4.96. The van der Waals surface area contributed by atoms with Crippen LogP contribution in [0.1, 0.15) is 0 Å². The molecule has 0 spiro atoms. The molecule has 0 aliphatic carbocycles. The van der Waals surface area contributed by atoms with Gasteiger partial charge in [-0.25, -0.2) is 9.13 Å². The number of rotatable bonds is 6. The zero-order valence-electron chi connectivity index (χ0n) is 10.0. The van der Waals surface area contributed by atoms with E-state index in [2.05, 4.69) is 13.8 Å². The molecule has 7 N–H and O–H groups in total. The Balaban J connectivity index is 0.00000400. The molecule has 0 aromatic heterocycles. The summed E-state index contributed by atoms with van der Waals surface area (Å²) < 4.78 is 33.6. The van der Waals surface area contributed by atoms with Crippen molar-refractivity contribution < 1.29 is 74.9 Å². The first kappa shape index (κ1) is 21.6. The molecule has 0 aromatic carbocycles. The third-order valence-corrected chi connectivity index (χ3v) is 3.32. The van der Waals surface area contributed by atoms with Crippen molar-refractivity contribution in [2.45, 2.75) is 24.1 Å². The van der Waals surface area contributed by atoms with Crippen LogP contribution in [0.2, 0.25) is 0 Å². The third-order valence-electron chi connectivity index (χ3n) is 2.37. The van der Waals surface area contributed by atoms with Crippen molar-refractivity contribution in [3.8, 4) is 0 Å². The molecule has 15 heteroatoms. The molecule has 1 aliphatic heterocycles. The van der Waals surface area contributed by atoms with E-state index in [1.807, 2.05) is 0 Å². The summed E-state index contributed by atoms with van der Waals surface area (Å²) in [6, 6.07) is 0. The molecular weight excluding hydrogens is 390 g/mol. The van der Waals surface area contributed by atoms with Crippen LogP contribution in [0.3, 0.4) is 0 Å². The fourth-order valence-electron chi connectivity index (χ4n) is 1.47. The van der Waals surface area contributed by atoms with Gasteiger partial charge in [-0.2, -0.15) is 0 Å². The molecule has 0 saturated carbocycles. The summed E-state index contributed by atoms with van der Waals surface area (Å²) in [6.07, 6.45) is -5.38. The Morgan fingerprint density at radius 1 is 1.05 bits per heavy atom. The van der Waals surface area contributed by atoms with E-state index in [0.717, 1.165) is 0 Å². The molecule has 0 amide bonds. The second-order valence-corrected chi connectivity index (χ2v) is 6.47. The smallest absolute Gasteiger partial charge is 0.387 e. The summed E-state index contributed by atoms with van der Waals surface area (Å²) >= 11 is 0. The minimum Gasteiger partial charge on any atom is -0.387 e. The Labute approximate surface area is 128 Å². The predicted octanol–water partition coefficient (Wildman–Crippen LogP) is -2.99. The van der Waals surface area contributed by atoms with E-state index in [4.69, 9.17) is 19.6 Å². The Morgan fingerprint density at radius 2 is 1.52 bits per heavy atom. The number of phosphoric acid groups is 2. The van der Waals surface area contributed by atoms with Crippen LogP contribution in [0.15, 0.2) is 0 Å². The summed E-state index contributed by atoms with van der Waals surface area (Å²) in [4.78, 5) is 33.9. The third kappa shape index (κ3) is 6.69. The monoisotopic (exact) mass is 403 g/mol. The fraction of sp³-hybridized carbons (Fsp3) is 1.00. The zero-order chi connectivity index (χ0) is 15.8. The summed E-state index contributed by atoms with van der Waals surface area (Å²) in [7, 11) is -9.82. The molecule has 0 aromatic rings. The first-order chi connectivity index (χ1) is 8.84. The van der Waals surface area contributed by atoms with Gasteiger partial charge in [-0.3, -0.25) is 9.05 Å². The molecule has 0 bridgehead atoms. The average molecular weight is 404 g/mol. The summed E-state index contributed by atoms with van der Waals surface area (Å²) in [5, 5.41) is 28.8. The number of ether oxygens (including phenoxy) is 1. The van der Waals surface area contributed by atoms with Crippen molar-refractivity contribution in [2.75, 3.05) is 13.2 Å². The normalized spacial score (nSPS) is 33.8. The van der Waals surface area contributed by atoms with E-state index in [1.165, 1.54) is 0 Å². The molecule has 4 atom stereocenters. The van der Waals surface area contributed by atoms with Gasteiger partial charge in [-0.15, -0.1) is 0 Å². The SMILES string of the molecule is O=P(O)(O)OC[C@H]1O[C@](O)(COP(=O)(O)O)[C@@H](O)[C@@H]1O.[Cu]. The summed E-state index contributed by atoms with van der Waals surface area (Å²) in [6.45, 7) is -2.05. The Kier molecular flexibility index (Phi) is 7.64. The summed E-state index contributed by atoms with van der Waals surface area (Å²) in [5.74, 6) is -2.66. The number of phosphoric ester groups is 2. The van der Waals surface area contributed by atoms with Gasteiger partial charge in [0.25, 0.3) is 0 Å². The molecule has 1 fully saturated rings. The molecule has 131 valence electrons. The van der Waals surface area contributed by atoms with Crippen molar-refractivity contribution >= 4 is 15.6 Å². The van der Waals surface area contributed by atoms with Gasteiger partial charge in [0.15, 0.2) is 0 Å². The maximum Gasteiger partial charge on any atom is 0.469 e. The van der Waals surface area contributed by atoms with E-state index >= 15 is 0 Å². The van der Waals surface area contributed by atoms with E-state index < -0.39 is 53.0 Å². The van der Waals surface area contributed by atoms with Gasteiger partial charge in [0, 0.05) is 17.1 Å². The van der Waals surface area contributed by atoms with Crippen LogP contribution < -0.4 is 0 Å². The van der Waals surface area contributed by atoms with Crippen molar-refractivity contribution in [3.63, 3.8) is 0 Å². The van der Waals surface area contributed by atoms with Crippen LogP contribution in [-0.2, 0) is 40.0 Å². The topological polar surface area (TPSA) is 203 Å². The molecule has 12 nitrogen and oxygen atoms in total. The molecule has 1 radical (unpaired) electrons. The fourth-order valence-corrected chi connectivity index (χ4v) is 2.17. The second-order valence-electron chi connectivity index (χ2n) is 3.99. The van der Waals surface area contributed by atoms with Gasteiger partial charge >= 0.3 is 15.6 Å². The standard InChI is InChI=1S/C6H14O12P2.Cu/c7-4-3(1-16-19(10,11)12)18-6(9,5(4)8)2-17-20(13,14)15;/h3-5,7-9H,1-2H2,(H2,10,11,12)(H2,13,14,15);/t3-,4-,5+,6-;/m1./s1. The van der Waals surface area contributed by atoms with Crippen molar-refractivity contribution in [2.24, 2.45) is 0 Å². The first-order valence-corrected chi connectivity index (χ1v) is 8.07. The number of hydrogen-bond acceptors (Lipinski definition) is 8. The molecule has 1 rings (SSSR count). The molecule has 1 saturated heterocycles. The molecule has 1 heterocycles. The van der Waals surface area contributed by atoms with Gasteiger partial charge in [-0.1, -0.05) is 0 Å². The van der Waals surface area contributed by atoms with Gasteiger partial charge in [0.05, 0.1) is 6.61 Å². The quantitative estimate of drug-likeness (QED) is 0.175. The molecule has 0 unspecified atom stereocenters. The maximum atomic E-state index is 10.5. The number of hydrogen-bond donors (Lipinski definition) is 7. The Morgan fingerprint density at radius 3 is 1.95 bits per heavy atom. The maximum absolute atomic E-state index is 10.5. The van der Waals surface area contributed by atoms with E-state index in [1.54, 1.807) is 0 Å². The minimum absolute atomic E-state index is 0. The molecule has 21 heavy (non-hydrogen) atoms. The Bertz CT molecular complexity index is 433. The van der Waals surface area contributed by atoms with Crippen LogP contribution in [-0.4, -0.2) is 72.2 Å². The van der Waals surface area contributed by atoms with Crippen LogP contribution in [0, 0.1) is 0 Å². The predicted molar refractivity (Wildman–Crippen MR) is 57.8 cm³/mol. The van der Waals surface area contributed by atoms with Crippen LogP contribution >= 0.6 is 15.6 Å². The van der Waals surface area contributed by atoms with Crippen molar-refractivity contribution in [3.05, 3.63) is 0 Å². The average Bonchev–Trinajstić information content (AvgIpc) is 2.48. The van der Waals surface area contributed by atoms with Gasteiger partial charge in [0.2, 0.25) is 5.79 Å². The zero-order valence-corrected chi connectivity index (χ0v) is 12.7. The molecular formula is C6H14CuO12P2. The second kappa shape index (κ2) is 7.43. The van der Waals surface area contributed by atoms with Crippen molar-refractivity contribution in [1.82, 2.24) is 0 Å². The van der Waals surface area contributed by atoms with E-state index in [-0.39, 0.29) is 17.1 Å². The summed E-state index contributed by atoms with van der Waals surface area (Å²) in [5.41, 5.74) is 0. The van der Waals surface area contributed by atoms with Crippen molar-refractivity contribution in [1.29, 1.82) is 0 Å².